The molecule has 0 N–H and O–H groups in total. The highest BCUT2D eigenvalue weighted by Crippen LogP contribution is 2.39. The molecule has 27 heavy (non-hydrogen) atoms. The highest BCUT2D eigenvalue weighted by Gasteiger charge is 2.35. The maximum absolute atomic E-state index is 12.7. The van der Waals surface area contributed by atoms with E-state index in [-0.39, 0.29) is 11.9 Å². The predicted octanol–water partition coefficient (Wildman–Crippen LogP) is 2.95. The van der Waals surface area contributed by atoms with Crippen LogP contribution in [0.3, 0.4) is 0 Å². The lowest BCUT2D eigenvalue weighted by Crippen LogP contribution is -2.29. The first kappa shape index (κ1) is 17.0. The average molecular weight is 366 g/mol. The highest BCUT2D eigenvalue weighted by molar-refractivity contribution is 5.63. The topological polar surface area (TPSA) is 90.0 Å². The molecule has 8 heteroatoms. The molecule has 3 heterocycles. The fraction of sp³-hybridized carbons (Fsp3) is 0.263. The van der Waals surface area contributed by atoms with Crippen molar-refractivity contribution in [1.29, 1.82) is 0 Å². The molecule has 8 nitrogen and oxygen atoms in total. The Bertz CT molecular complexity index is 1080. The number of methoxy groups -OCH3 is 1. The van der Waals surface area contributed by atoms with Crippen molar-refractivity contribution in [2.24, 2.45) is 0 Å². The maximum atomic E-state index is 12.7. The van der Waals surface area contributed by atoms with Gasteiger partial charge in [0.25, 0.3) is 0 Å². The summed E-state index contributed by atoms with van der Waals surface area (Å²) in [5.74, 6) is 0.849. The van der Waals surface area contributed by atoms with E-state index in [0.29, 0.717) is 12.2 Å². The Labute approximate surface area is 154 Å². The van der Waals surface area contributed by atoms with Gasteiger partial charge in [0.05, 0.1) is 18.1 Å². The SMILES string of the molecule is COc1cccc(C2CCCN2c2nc3ccccn3c(=O)c2[N+](=O)[O-])c1. The van der Waals surface area contributed by atoms with Gasteiger partial charge in [-0.1, -0.05) is 18.2 Å². The third-order valence-corrected chi connectivity index (χ3v) is 4.88. The summed E-state index contributed by atoms with van der Waals surface area (Å²) < 4.78 is 6.50. The van der Waals surface area contributed by atoms with Crippen LogP contribution in [0.25, 0.3) is 5.65 Å². The van der Waals surface area contributed by atoms with E-state index >= 15 is 0 Å². The number of aromatic nitrogens is 2. The van der Waals surface area contributed by atoms with Gasteiger partial charge in [0.2, 0.25) is 5.82 Å². The number of fused-ring (bicyclic) bond motifs is 1. The van der Waals surface area contributed by atoms with Crippen molar-refractivity contribution in [3.8, 4) is 5.75 Å². The van der Waals surface area contributed by atoms with Gasteiger partial charge in [0.15, 0.2) is 0 Å². The molecule has 1 aromatic carbocycles. The monoisotopic (exact) mass is 366 g/mol. The fourth-order valence-electron chi connectivity index (χ4n) is 3.64. The van der Waals surface area contributed by atoms with Crippen LogP contribution in [-0.2, 0) is 0 Å². The zero-order chi connectivity index (χ0) is 19.0. The molecule has 1 saturated heterocycles. The third-order valence-electron chi connectivity index (χ3n) is 4.88. The summed E-state index contributed by atoms with van der Waals surface area (Å²) in [6, 6.07) is 12.6. The van der Waals surface area contributed by atoms with Gasteiger partial charge in [-0.25, -0.2) is 4.98 Å². The molecule has 0 saturated carbocycles. The van der Waals surface area contributed by atoms with E-state index in [4.69, 9.17) is 4.74 Å². The molecular formula is C19H18N4O4. The number of ether oxygens (including phenoxy) is 1. The number of anilines is 1. The number of pyridine rings is 1. The van der Waals surface area contributed by atoms with Crippen molar-refractivity contribution >= 4 is 17.2 Å². The molecule has 0 aliphatic carbocycles. The Balaban J connectivity index is 1.88. The van der Waals surface area contributed by atoms with E-state index in [1.165, 1.54) is 10.6 Å². The van der Waals surface area contributed by atoms with Crippen LogP contribution >= 0.6 is 0 Å². The third kappa shape index (κ3) is 2.88. The van der Waals surface area contributed by atoms with Crippen LogP contribution in [0.1, 0.15) is 24.4 Å². The van der Waals surface area contributed by atoms with Crippen molar-refractivity contribution in [3.63, 3.8) is 0 Å². The summed E-state index contributed by atoms with van der Waals surface area (Å²) >= 11 is 0. The highest BCUT2D eigenvalue weighted by atomic mass is 16.6. The van der Waals surface area contributed by atoms with Gasteiger partial charge in [-0.05, 0) is 42.7 Å². The van der Waals surface area contributed by atoms with Gasteiger partial charge in [0, 0.05) is 12.7 Å². The minimum atomic E-state index is -0.670. The van der Waals surface area contributed by atoms with E-state index < -0.39 is 16.2 Å². The lowest BCUT2D eigenvalue weighted by molar-refractivity contribution is -0.385. The second-order valence-corrected chi connectivity index (χ2v) is 6.40. The summed E-state index contributed by atoms with van der Waals surface area (Å²) in [4.78, 5) is 30.1. The van der Waals surface area contributed by atoms with Crippen LogP contribution < -0.4 is 15.2 Å². The lowest BCUT2D eigenvalue weighted by atomic mass is 10.0. The van der Waals surface area contributed by atoms with Crippen LogP contribution in [-0.4, -0.2) is 28.0 Å². The normalized spacial score (nSPS) is 16.6. The molecular weight excluding hydrogens is 348 g/mol. The summed E-state index contributed by atoms with van der Waals surface area (Å²) in [6.45, 7) is 0.595. The van der Waals surface area contributed by atoms with Crippen molar-refractivity contribution in [2.45, 2.75) is 18.9 Å². The Kier molecular flexibility index (Phi) is 4.23. The first-order valence-electron chi connectivity index (χ1n) is 8.66. The Morgan fingerprint density at radius 2 is 2.11 bits per heavy atom. The average Bonchev–Trinajstić information content (AvgIpc) is 3.17. The molecule has 0 amide bonds. The van der Waals surface area contributed by atoms with Crippen LogP contribution in [0.4, 0.5) is 11.5 Å². The number of nitrogens with zero attached hydrogens (tertiary/aromatic N) is 4. The van der Waals surface area contributed by atoms with E-state index in [2.05, 4.69) is 4.98 Å². The van der Waals surface area contributed by atoms with E-state index in [1.54, 1.807) is 25.3 Å². The molecule has 1 fully saturated rings. The number of benzene rings is 1. The fourth-order valence-corrected chi connectivity index (χ4v) is 3.64. The van der Waals surface area contributed by atoms with E-state index in [0.717, 1.165) is 24.2 Å². The van der Waals surface area contributed by atoms with Gasteiger partial charge in [-0.2, -0.15) is 0 Å². The maximum Gasteiger partial charge on any atom is 0.376 e. The lowest BCUT2D eigenvalue weighted by Gasteiger charge is -2.26. The van der Waals surface area contributed by atoms with Gasteiger partial charge < -0.3 is 9.64 Å². The quantitative estimate of drug-likeness (QED) is 0.521. The number of hydrogen-bond donors (Lipinski definition) is 0. The van der Waals surface area contributed by atoms with Crippen LogP contribution in [0.15, 0.2) is 53.5 Å². The smallest absolute Gasteiger partial charge is 0.376 e. The Morgan fingerprint density at radius 3 is 2.89 bits per heavy atom. The number of rotatable bonds is 4. The molecule has 138 valence electrons. The van der Waals surface area contributed by atoms with Gasteiger partial charge in [-0.3, -0.25) is 19.3 Å². The zero-order valence-electron chi connectivity index (χ0n) is 14.7. The minimum absolute atomic E-state index is 0.100. The second-order valence-electron chi connectivity index (χ2n) is 6.40. The first-order valence-corrected chi connectivity index (χ1v) is 8.66. The van der Waals surface area contributed by atoms with E-state index in [9.17, 15) is 14.9 Å². The molecule has 3 aromatic rings. The molecule has 4 rings (SSSR count). The number of hydrogen-bond acceptors (Lipinski definition) is 6. The summed E-state index contributed by atoms with van der Waals surface area (Å²) in [5, 5.41) is 11.7. The summed E-state index contributed by atoms with van der Waals surface area (Å²) in [7, 11) is 1.60. The number of nitro groups is 1. The summed E-state index contributed by atoms with van der Waals surface area (Å²) in [5.41, 5.74) is 0.209. The first-order chi connectivity index (χ1) is 13.1. The molecule has 0 radical (unpaired) electrons. The zero-order valence-corrected chi connectivity index (χ0v) is 14.7. The van der Waals surface area contributed by atoms with Crippen molar-refractivity contribution in [2.75, 3.05) is 18.6 Å². The minimum Gasteiger partial charge on any atom is -0.497 e. The molecule has 1 aliphatic heterocycles. The van der Waals surface area contributed by atoms with Crippen molar-refractivity contribution < 1.29 is 9.66 Å². The van der Waals surface area contributed by atoms with Gasteiger partial charge in [0.1, 0.15) is 11.4 Å². The van der Waals surface area contributed by atoms with E-state index in [1.807, 2.05) is 29.2 Å². The van der Waals surface area contributed by atoms with Crippen molar-refractivity contribution in [1.82, 2.24) is 9.38 Å². The van der Waals surface area contributed by atoms with Gasteiger partial charge >= 0.3 is 11.2 Å². The molecule has 0 bridgehead atoms. The van der Waals surface area contributed by atoms with Crippen LogP contribution in [0.2, 0.25) is 0 Å². The van der Waals surface area contributed by atoms with Crippen LogP contribution in [0, 0.1) is 10.1 Å². The molecule has 0 spiro atoms. The van der Waals surface area contributed by atoms with Crippen molar-refractivity contribution in [3.05, 3.63) is 74.7 Å². The molecule has 1 aliphatic rings. The molecule has 1 unspecified atom stereocenters. The molecule has 1 atom stereocenters. The van der Waals surface area contributed by atoms with Gasteiger partial charge in [-0.15, -0.1) is 0 Å². The molecule has 2 aromatic heterocycles. The Morgan fingerprint density at radius 1 is 1.26 bits per heavy atom. The predicted molar refractivity (Wildman–Crippen MR) is 100 cm³/mol. The largest absolute Gasteiger partial charge is 0.497 e. The standard InChI is InChI=1S/C19H18N4O4/c1-27-14-7-4-6-13(12-14)15-8-5-11-21(15)18-17(23(25)26)19(24)22-10-3-2-9-16(22)20-18/h2-4,6-7,9-10,12,15H,5,8,11H2,1H3. The summed E-state index contributed by atoms with van der Waals surface area (Å²) in [6.07, 6.45) is 3.17. The van der Waals surface area contributed by atoms with Crippen LogP contribution in [0.5, 0.6) is 5.75 Å². The Hall–Kier alpha value is -3.42. The second kappa shape index (κ2) is 6.71.